The molecule has 140 valence electrons. The molecule has 4 rings (SSSR count). The number of rotatable bonds is 3. The summed E-state index contributed by atoms with van der Waals surface area (Å²) in [5.41, 5.74) is 2.33. The maximum atomic E-state index is 12.5. The first kappa shape index (κ1) is 17.6. The highest BCUT2D eigenvalue weighted by Gasteiger charge is 2.25. The topological polar surface area (TPSA) is 87.9 Å². The average Bonchev–Trinajstić information content (AvgIpc) is 3.10. The van der Waals surface area contributed by atoms with Crippen molar-refractivity contribution >= 4 is 0 Å². The van der Waals surface area contributed by atoms with Crippen LogP contribution in [0.25, 0.3) is 11.4 Å². The maximum Gasteiger partial charge on any atom is 0.255 e. The van der Waals surface area contributed by atoms with E-state index in [1.807, 2.05) is 51.1 Å². The summed E-state index contributed by atoms with van der Waals surface area (Å²) in [5, 5.41) is 4.06. The molecule has 27 heavy (non-hydrogen) atoms. The molecule has 2 aromatic heterocycles. The number of benzene rings is 1. The van der Waals surface area contributed by atoms with Crippen molar-refractivity contribution in [2.24, 2.45) is 0 Å². The van der Waals surface area contributed by atoms with Crippen LogP contribution in [0.2, 0.25) is 0 Å². The smallest absolute Gasteiger partial charge is 0.255 e. The van der Waals surface area contributed by atoms with E-state index in [1.165, 1.54) is 0 Å². The van der Waals surface area contributed by atoms with Crippen LogP contribution in [0.3, 0.4) is 0 Å². The molecule has 1 N–H and O–H groups in total. The van der Waals surface area contributed by atoms with Gasteiger partial charge in [-0.25, -0.2) is 4.98 Å². The van der Waals surface area contributed by atoms with Gasteiger partial charge in [-0.2, -0.15) is 4.98 Å². The van der Waals surface area contributed by atoms with Crippen LogP contribution in [0.1, 0.15) is 43.7 Å². The van der Waals surface area contributed by atoms with E-state index < -0.39 is 0 Å². The van der Waals surface area contributed by atoms with Crippen molar-refractivity contribution in [3.05, 3.63) is 63.7 Å². The van der Waals surface area contributed by atoms with E-state index in [1.54, 1.807) is 0 Å². The highest BCUT2D eigenvalue weighted by atomic mass is 16.5. The van der Waals surface area contributed by atoms with Crippen molar-refractivity contribution in [2.45, 2.75) is 45.7 Å². The van der Waals surface area contributed by atoms with Crippen LogP contribution >= 0.6 is 0 Å². The third-order valence-electron chi connectivity index (χ3n) is 4.72. The molecule has 0 radical (unpaired) electrons. The molecular weight excluding hydrogens is 342 g/mol. The Kier molecular flexibility index (Phi) is 4.39. The second kappa shape index (κ2) is 6.74. The number of fused-ring (bicyclic) bond motifs is 1. The lowest BCUT2D eigenvalue weighted by atomic mass is 9.95. The predicted octanol–water partition coefficient (Wildman–Crippen LogP) is 2.68. The second-order valence-corrected chi connectivity index (χ2v) is 7.93. The molecule has 0 atom stereocenters. The van der Waals surface area contributed by atoms with Crippen molar-refractivity contribution in [1.29, 1.82) is 0 Å². The van der Waals surface area contributed by atoms with Crippen molar-refractivity contribution in [1.82, 2.24) is 25.0 Å². The van der Waals surface area contributed by atoms with E-state index >= 15 is 0 Å². The van der Waals surface area contributed by atoms with Gasteiger partial charge in [0, 0.05) is 30.5 Å². The van der Waals surface area contributed by atoms with E-state index in [0.29, 0.717) is 24.8 Å². The molecule has 7 heteroatoms. The number of H-pyrrole nitrogens is 1. The Labute approximate surface area is 157 Å². The summed E-state index contributed by atoms with van der Waals surface area (Å²) in [6.45, 7) is 7.99. The molecule has 0 spiro atoms. The summed E-state index contributed by atoms with van der Waals surface area (Å²) in [6, 6.07) is 9.73. The quantitative estimate of drug-likeness (QED) is 0.768. The zero-order chi connectivity index (χ0) is 19.0. The molecule has 3 aromatic rings. The number of hydrogen-bond acceptors (Lipinski definition) is 6. The van der Waals surface area contributed by atoms with Crippen LogP contribution in [0.15, 0.2) is 39.6 Å². The molecule has 0 fully saturated rings. The summed E-state index contributed by atoms with van der Waals surface area (Å²) in [7, 11) is 0. The molecule has 1 aromatic carbocycles. The summed E-state index contributed by atoms with van der Waals surface area (Å²) in [6.07, 6.45) is 0.738. The van der Waals surface area contributed by atoms with E-state index in [2.05, 4.69) is 20.0 Å². The van der Waals surface area contributed by atoms with E-state index in [-0.39, 0.29) is 11.0 Å². The highest BCUT2D eigenvalue weighted by Crippen LogP contribution is 2.22. The van der Waals surface area contributed by atoms with Crippen LogP contribution in [0, 0.1) is 0 Å². The third kappa shape index (κ3) is 3.68. The van der Waals surface area contributed by atoms with E-state index in [9.17, 15) is 4.79 Å². The standard InChI is InChI=1S/C20H23N5O2/c1-20(2,3)19-21-15-9-10-25(11-14(15)18(26)23-19)12-16-22-17(24-27-16)13-7-5-4-6-8-13/h4-8H,9-12H2,1-3H3,(H,21,23,26). The fourth-order valence-corrected chi connectivity index (χ4v) is 3.19. The minimum atomic E-state index is -0.178. The van der Waals surface area contributed by atoms with Crippen molar-refractivity contribution < 1.29 is 4.52 Å². The summed E-state index contributed by atoms with van der Waals surface area (Å²) in [5.74, 6) is 1.87. The van der Waals surface area contributed by atoms with Gasteiger partial charge in [0.1, 0.15) is 5.82 Å². The second-order valence-electron chi connectivity index (χ2n) is 7.93. The molecular formula is C20H23N5O2. The van der Waals surface area contributed by atoms with Gasteiger partial charge in [0.2, 0.25) is 11.7 Å². The third-order valence-corrected chi connectivity index (χ3v) is 4.72. The predicted molar refractivity (Wildman–Crippen MR) is 101 cm³/mol. The Hall–Kier alpha value is -2.80. The van der Waals surface area contributed by atoms with Gasteiger partial charge in [-0.05, 0) is 0 Å². The van der Waals surface area contributed by atoms with Crippen molar-refractivity contribution in [3.63, 3.8) is 0 Å². The average molecular weight is 365 g/mol. The van der Waals surface area contributed by atoms with E-state index in [4.69, 9.17) is 9.51 Å². The van der Waals surface area contributed by atoms with Gasteiger partial charge in [-0.15, -0.1) is 0 Å². The minimum Gasteiger partial charge on any atom is -0.338 e. The molecule has 0 aliphatic carbocycles. The summed E-state index contributed by atoms with van der Waals surface area (Å²) < 4.78 is 5.40. The monoisotopic (exact) mass is 365 g/mol. The summed E-state index contributed by atoms with van der Waals surface area (Å²) >= 11 is 0. The molecule has 0 unspecified atom stereocenters. The van der Waals surface area contributed by atoms with E-state index in [0.717, 1.165) is 35.6 Å². The van der Waals surface area contributed by atoms with Crippen LogP contribution in [-0.4, -0.2) is 31.6 Å². The maximum absolute atomic E-state index is 12.5. The molecule has 1 aliphatic heterocycles. The lowest BCUT2D eigenvalue weighted by molar-refractivity contribution is 0.207. The molecule has 0 saturated carbocycles. The van der Waals surface area contributed by atoms with Crippen LogP contribution < -0.4 is 5.56 Å². The molecule has 0 amide bonds. The number of nitrogens with one attached hydrogen (secondary N) is 1. The van der Waals surface area contributed by atoms with Gasteiger partial charge >= 0.3 is 0 Å². The summed E-state index contributed by atoms with van der Waals surface area (Å²) in [4.78, 5) is 26.8. The zero-order valence-electron chi connectivity index (χ0n) is 15.8. The first-order valence-electron chi connectivity index (χ1n) is 9.13. The molecule has 0 bridgehead atoms. The van der Waals surface area contributed by atoms with Crippen LogP contribution in [-0.2, 0) is 24.9 Å². The van der Waals surface area contributed by atoms with Crippen molar-refractivity contribution in [3.8, 4) is 11.4 Å². The Bertz CT molecular complexity index is 1000. The van der Waals surface area contributed by atoms with Gasteiger partial charge in [0.25, 0.3) is 5.56 Å². The molecule has 0 saturated heterocycles. The number of aromatic nitrogens is 4. The lowest BCUT2D eigenvalue weighted by Gasteiger charge is -2.27. The number of nitrogens with zero attached hydrogens (tertiary/aromatic N) is 4. The van der Waals surface area contributed by atoms with Gasteiger partial charge in [0.05, 0.1) is 17.8 Å². The minimum absolute atomic E-state index is 0.0508. The zero-order valence-corrected chi connectivity index (χ0v) is 15.8. The van der Waals surface area contributed by atoms with Gasteiger partial charge in [-0.1, -0.05) is 56.3 Å². The Balaban J connectivity index is 1.51. The highest BCUT2D eigenvalue weighted by molar-refractivity contribution is 5.53. The Morgan fingerprint density at radius 1 is 1.19 bits per heavy atom. The van der Waals surface area contributed by atoms with Crippen LogP contribution in [0.5, 0.6) is 0 Å². The fourth-order valence-electron chi connectivity index (χ4n) is 3.19. The number of aromatic amines is 1. The number of hydrogen-bond donors (Lipinski definition) is 1. The first-order valence-corrected chi connectivity index (χ1v) is 9.13. The fraction of sp³-hybridized carbons (Fsp3) is 0.400. The van der Waals surface area contributed by atoms with Crippen LogP contribution in [0.4, 0.5) is 0 Å². The Morgan fingerprint density at radius 2 is 1.96 bits per heavy atom. The normalized spacial score (nSPS) is 14.9. The largest absolute Gasteiger partial charge is 0.338 e. The Morgan fingerprint density at radius 3 is 2.70 bits per heavy atom. The van der Waals surface area contributed by atoms with Gasteiger partial charge < -0.3 is 9.51 Å². The van der Waals surface area contributed by atoms with Crippen molar-refractivity contribution in [2.75, 3.05) is 6.54 Å². The van der Waals surface area contributed by atoms with Gasteiger partial charge in [0.15, 0.2) is 0 Å². The molecule has 7 nitrogen and oxygen atoms in total. The SMILES string of the molecule is CC(C)(C)c1nc2c(c(=O)[nH]1)CN(Cc1nc(-c3ccccc3)no1)CC2. The van der Waals surface area contributed by atoms with Gasteiger partial charge in [-0.3, -0.25) is 9.69 Å². The molecule has 3 heterocycles. The lowest BCUT2D eigenvalue weighted by Crippen LogP contribution is -2.37. The molecule has 1 aliphatic rings. The first-order chi connectivity index (χ1) is 12.9.